The Hall–Kier alpha value is -4.50. The van der Waals surface area contributed by atoms with Crippen LogP contribution in [0.4, 0.5) is 20.6 Å². The zero-order valence-electron chi connectivity index (χ0n) is 18.9. The maximum Gasteiger partial charge on any atom is 0.335 e. The third-order valence-corrected chi connectivity index (χ3v) is 5.45. The number of anilines is 2. The summed E-state index contributed by atoms with van der Waals surface area (Å²) in [6.45, 7) is 1.32. The van der Waals surface area contributed by atoms with Gasteiger partial charge in [0.25, 0.3) is 17.7 Å². The number of urea groups is 1. The van der Waals surface area contributed by atoms with E-state index in [-0.39, 0.29) is 23.6 Å². The highest BCUT2D eigenvalue weighted by molar-refractivity contribution is 6.39. The number of nitrogens with one attached hydrogen (secondary N) is 2. The van der Waals surface area contributed by atoms with E-state index in [0.29, 0.717) is 21.8 Å². The van der Waals surface area contributed by atoms with Gasteiger partial charge in [-0.25, -0.2) is 14.1 Å². The largest absolute Gasteiger partial charge is 0.483 e. The number of amides is 5. The molecular weight excluding hydrogens is 489 g/mol. The van der Waals surface area contributed by atoms with Crippen LogP contribution in [0.5, 0.6) is 5.75 Å². The van der Waals surface area contributed by atoms with Gasteiger partial charge in [0, 0.05) is 16.3 Å². The van der Waals surface area contributed by atoms with E-state index in [2.05, 4.69) is 10.6 Å². The highest BCUT2D eigenvalue weighted by Crippen LogP contribution is 2.29. The van der Waals surface area contributed by atoms with Gasteiger partial charge in [-0.3, -0.25) is 19.7 Å². The predicted molar refractivity (Wildman–Crippen MR) is 132 cm³/mol. The van der Waals surface area contributed by atoms with Crippen LogP contribution in [0, 0.1) is 12.7 Å². The Morgan fingerprint density at radius 2 is 1.81 bits per heavy atom. The molecule has 8 nitrogen and oxygen atoms in total. The summed E-state index contributed by atoms with van der Waals surface area (Å²) >= 11 is 6.05. The van der Waals surface area contributed by atoms with Crippen molar-refractivity contribution in [1.82, 2.24) is 5.32 Å². The second kappa shape index (κ2) is 10.4. The second-order valence-corrected chi connectivity index (χ2v) is 8.21. The fraction of sp³-hybridized carbons (Fsp3) is 0.0769. The smallest absolute Gasteiger partial charge is 0.335 e. The lowest BCUT2D eigenvalue weighted by atomic mass is 10.1. The van der Waals surface area contributed by atoms with Gasteiger partial charge in [0.1, 0.15) is 17.1 Å². The van der Waals surface area contributed by atoms with Crippen molar-refractivity contribution < 1.29 is 28.3 Å². The summed E-state index contributed by atoms with van der Waals surface area (Å²) < 4.78 is 18.6. The van der Waals surface area contributed by atoms with E-state index >= 15 is 0 Å². The Bertz CT molecular complexity index is 1400. The first-order valence-electron chi connectivity index (χ1n) is 10.7. The normalized spacial score (nSPS) is 14.6. The lowest BCUT2D eigenvalue weighted by Gasteiger charge is -2.27. The highest BCUT2D eigenvalue weighted by Gasteiger charge is 2.37. The average Bonchev–Trinajstić information content (AvgIpc) is 2.84. The number of benzene rings is 3. The van der Waals surface area contributed by atoms with Gasteiger partial charge < -0.3 is 10.1 Å². The van der Waals surface area contributed by atoms with E-state index in [1.54, 1.807) is 43.3 Å². The number of barbiturate groups is 1. The maximum atomic E-state index is 13.2. The molecule has 1 aliphatic heterocycles. The van der Waals surface area contributed by atoms with Gasteiger partial charge in [0.2, 0.25) is 0 Å². The zero-order valence-corrected chi connectivity index (χ0v) is 19.6. The molecule has 182 valence electrons. The third-order valence-electron chi connectivity index (χ3n) is 5.22. The molecule has 0 saturated carbocycles. The van der Waals surface area contributed by atoms with Crippen molar-refractivity contribution in [3.63, 3.8) is 0 Å². The lowest BCUT2D eigenvalue weighted by molar-refractivity contribution is -0.122. The Balaban J connectivity index is 1.56. The molecule has 36 heavy (non-hydrogen) atoms. The van der Waals surface area contributed by atoms with E-state index in [1.165, 1.54) is 36.4 Å². The summed E-state index contributed by atoms with van der Waals surface area (Å²) in [4.78, 5) is 51.4. The number of aryl methyl sites for hydroxylation is 1. The first-order chi connectivity index (χ1) is 17.2. The molecule has 0 aliphatic carbocycles. The number of rotatable bonds is 6. The van der Waals surface area contributed by atoms with Gasteiger partial charge in [0.15, 0.2) is 6.61 Å². The number of imide groups is 2. The van der Waals surface area contributed by atoms with Gasteiger partial charge >= 0.3 is 6.03 Å². The monoisotopic (exact) mass is 507 g/mol. The Morgan fingerprint density at radius 3 is 2.56 bits per heavy atom. The number of halogens is 2. The molecule has 3 aromatic carbocycles. The lowest BCUT2D eigenvalue weighted by Crippen LogP contribution is -2.54. The fourth-order valence-electron chi connectivity index (χ4n) is 3.46. The Morgan fingerprint density at radius 1 is 1.08 bits per heavy atom. The minimum absolute atomic E-state index is 0.224. The van der Waals surface area contributed by atoms with E-state index in [0.717, 1.165) is 4.90 Å². The molecular formula is C26H19ClFN3O5. The summed E-state index contributed by atoms with van der Waals surface area (Å²) in [7, 11) is 0. The van der Waals surface area contributed by atoms with Crippen molar-refractivity contribution in [1.29, 1.82) is 0 Å². The van der Waals surface area contributed by atoms with Crippen LogP contribution in [-0.4, -0.2) is 30.4 Å². The molecule has 0 aromatic heterocycles. The number of nitrogens with zero attached hydrogens (tertiary/aromatic N) is 1. The van der Waals surface area contributed by atoms with Crippen LogP contribution in [0.3, 0.4) is 0 Å². The van der Waals surface area contributed by atoms with Crippen LogP contribution in [0.2, 0.25) is 5.02 Å². The highest BCUT2D eigenvalue weighted by atomic mass is 35.5. The fourth-order valence-corrected chi connectivity index (χ4v) is 3.63. The average molecular weight is 508 g/mol. The van der Waals surface area contributed by atoms with Crippen molar-refractivity contribution in [2.24, 2.45) is 0 Å². The van der Waals surface area contributed by atoms with E-state index in [9.17, 15) is 23.6 Å². The Labute approximate surface area is 210 Å². The molecule has 1 aliphatic rings. The number of carbonyl (C=O) groups excluding carboxylic acids is 4. The molecule has 0 unspecified atom stereocenters. The molecule has 1 fully saturated rings. The number of para-hydroxylation sites is 1. The van der Waals surface area contributed by atoms with Crippen molar-refractivity contribution in [3.05, 3.63) is 94.3 Å². The molecule has 1 saturated heterocycles. The van der Waals surface area contributed by atoms with Crippen LogP contribution in [0.25, 0.3) is 6.08 Å². The molecule has 0 radical (unpaired) electrons. The molecule has 0 atom stereocenters. The Kier molecular flexibility index (Phi) is 7.12. The van der Waals surface area contributed by atoms with Crippen LogP contribution < -0.4 is 20.3 Å². The van der Waals surface area contributed by atoms with Crippen molar-refractivity contribution >= 4 is 52.8 Å². The minimum Gasteiger partial charge on any atom is -0.483 e. The first-order valence-corrected chi connectivity index (χ1v) is 11.1. The first kappa shape index (κ1) is 24.6. The summed E-state index contributed by atoms with van der Waals surface area (Å²) in [6, 6.07) is 15.5. The van der Waals surface area contributed by atoms with Crippen molar-refractivity contribution in [2.75, 3.05) is 16.8 Å². The standard InChI is InChI=1S/C26H19ClFN3O5/c1-15-6-7-17(27)13-21(15)31-25(34)20(24(33)30-26(31)35)12-16-4-2-3-5-22(16)36-14-23(32)29-19-10-8-18(28)9-11-19/h2-13H,14H2,1H3,(H,29,32)(H,30,33,35)/b20-12+. The summed E-state index contributed by atoms with van der Waals surface area (Å²) in [6.07, 6.45) is 1.28. The van der Waals surface area contributed by atoms with Gasteiger partial charge in [-0.15, -0.1) is 0 Å². The topological polar surface area (TPSA) is 105 Å². The van der Waals surface area contributed by atoms with E-state index < -0.39 is 29.6 Å². The van der Waals surface area contributed by atoms with Crippen LogP contribution >= 0.6 is 11.6 Å². The second-order valence-electron chi connectivity index (χ2n) is 7.77. The number of carbonyl (C=O) groups is 4. The molecule has 0 bridgehead atoms. The summed E-state index contributed by atoms with van der Waals surface area (Å²) in [5.74, 6) is -2.41. The molecule has 10 heteroatoms. The van der Waals surface area contributed by atoms with Gasteiger partial charge in [-0.2, -0.15) is 0 Å². The van der Waals surface area contributed by atoms with Crippen molar-refractivity contribution in [2.45, 2.75) is 6.92 Å². The SMILES string of the molecule is Cc1ccc(Cl)cc1N1C(=O)NC(=O)/C(=C\c2ccccc2OCC(=O)Nc2ccc(F)cc2)C1=O. The molecule has 1 heterocycles. The van der Waals surface area contributed by atoms with Crippen LogP contribution in [0.15, 0.2) is 72.3 Å². The number of hydrogen-bond acceptors (Lipinski definition) is 5. The molecule has 5 amide bonds. The third kappa shape index (κ3) is 5.42. The van der Waals surface area contributed by atoms with Crippen LogP contribution in [0.1, 0.15) is 11.1 Å². The van der Waals surface area contributed by atoms with Gasteiger partial charge in [-0.05, 0) is 61.0 Å². The quantitative estimate of drug-likeness (QED) is 0.378. The van der Waals surface area contributed by atoms with Gasteiger partial charge in [0.05, 0.1) is 5.69 Å². The predicted octanol–water partition coefficient (Wildman–Crippen LogP) is 4.47. The van der Waals surface area contributed by atoms with Crippen molar-refractivity contribution in [3.8, 4) is 5.75 Å². The number of hydrogen-bond donors (Lipinski definition) is 2. The van der Waals surface area contributed by atoms with E-state index in [1.807, 2.05) is 0 Å². The van der Waals surface area contributed by atoms with Crippen LogP contribution in [-0.2, 0) is 14.4 Å². The van der Waals surface area contributed by atoms with E-state index in [4.69, 9.17) is 16.3 Å². The zero-order chi connectivity index (χ0) is 25.8. The number of ether oxygens (including phenoxy) is 1. The maximum absolute atomic E-state index is 13.2. The van der Waals surface area contributed by atoms with Gasteiger partial charge in [-0.1, -0.05) is 35.9 Å². The molecule has 3 aromatic rings. The minimum atomic E-state index is -0.894. The molecule has 4 rings (SSSR count). The molecule has 0 spiro atoms. The summed E-state index contributed by atoms with van der Waals surface area (Å²) in [5.41, 5.74) is 1.27. The summed E-state index contributed by atoms with van der Waals surface area (Å²) in [5, 5.41) is 5.05. The molecule has 2 N–H and O–H groups in total.